The molecule has 3 aromatic rings. The van der Waals surface area contributed by atoms with E-state index in [1.54, 1.807) is 26.5 Å². The number of hydrogen-bond donors (Lipinski definition) is 2. The molecule has 3 atom stereocenters. The van der Waals surface area contributed by atoms with E-state index < -0.39 is 0 Å². The van der Waals surface area contributed by atoms with Crippen molar-refractivity contribution in [2.75, 3.05) is 26.1 Å². The largest absolute Gasteiger partial charge is 0.493 e. The predicted octanol–water partition coefficient (Wildman–Crippen LogP) is 6.33. The first-order chi connectivity index (χ1) is 18.8. The smallest absolute Gasteiger partial charge is 0.252 e. The third kappa shape index (κ3) is 7.36. The van der Waals surface area contributed by atoms with Gasteiger partial charge in [0.05, 0.1) is 25.8 Å². The molecule has 0 bridgehead atoms. The van der Waals surface area contributed by atoms with E-state index >= 15 is 0 Å². The second-order valence-corrected chi connectivity index (χ2v) is 10.7. The van der Waals surface area contributed by atoms with Gasteiger partial charge in [-0.2, -0.15) is 0 Å². The molecule has 2 N–H and O–H groups in total. The van der Waals surface area contributed by atoms with E-state index in [9.17, 15) is 4.79 Å². The Morgan fingerprint density at radius 3 is 2.46 bits per heavy atom. The number of benzene rings is 2. The van der Waals surface area contributed by atoms with Crippen LogP contribution < -0.4 is 24.8 Å². The van der Waals surface area contributed by atoms with Crippen LogP contribution in [-0.4, -0.2) is 42.9 Å². The van der Waals surface area contributed by atoms with Crippen molar-refractivity contribution >= 4 is 39.8 Å². The van der Waals surface area contributed by atoms with Crippen molar-refractivity contribution in [3.05, 3.63) is 48.7 Å². The first-order valence-corrected chi connectivity index (χ1v) is 13.7. The van der Waals surface area contributed by atoms with Gasteiger partial charge in [-0.05, 0) is 79.2 Å². The third-order valence-electron chi connectivity index (χ3n) is 7.19. The Balaban J connectivity index is 1.32. The van der Waals surface area contributed by atoms with Gasteiger partial charge in [0.1, 0.15) is 18.1 Å². The first kappa shape index (κ1) is 28.6. The fourth-order valence-corrected chi connectivity index (χ4v) is 5.32. The van der Waals surface area contributed by atoms with Crippen molar-refractivity contribution in [2.24, 2.45) is 17.8 Å². The number of thiocarbonyl (C=S) groups is 1. The van der Waals surface area contributed by atoms with Crippen LogP contribution in [-0.2, 0) is 9.53 Å². The zero-order chi connectivity index (χ0) is 27.9. The molecule has 208 valence electrons. The summed E-state index contributed by atoms with van der Waals surface area (Å²) < 4.78 is 23.0. The summed E-state index contributed by atoms with van der Waals surface area (Å²) in [5, 5.41) is 6.77. The fourth-order valence-electron chi connectivity index (χ4n) is 5.08. The molecule has 1 aromatic heterocycles. The molecular weight excluding hydrogens is 514 g/mol. The van der Waals surface area contributed by atoms with E-state index in [1.807, 2.05) is 36.4 Å². The maximum atomic E-state index is 12.5. The third-order valence-corrected chi connectivity index (χ3v) is 7.39. The number of carbonyl (C=O) groups excluding carboxylic acids is 1. The standard InChI is InChI=1S/C30H37N3O5S/c1-18(2)22-11-6-19(3)14-26(22)37-17-29(34)33-30(39)32-20-7-9-21(10-8-20)38-25-12-13-31-24-16-28(36-5)27(35-4)15-23(24)25/h7-10,12-13,15-16,18-19,22,26H,6,11,14,17H2,1-5H3,(H2,32,33,34,39)/t19-,22+,26?/m1/s1. The highest BCUT2D eigenvalue weighted by Crippen LogP contribution is 2.37. The molecule has 1 unspecified atom stereocenters. The SMILES string of the molecule is COc1cc2nccc(Oc3ccc(NC(=S)NC(=O)COC4C[C@H](C)CC[C@H]4C(C)C)cc3)c2cc1OC. The molecule has 8 nitrogen and oxygen atoms in total. The zero-order valence-electron chi connectivity index (χ0n) is 23.2. The summed E-state index contributed by atoms with van der Waals surface area (Å²) in [6.07, 6.45) is 5.14. The highest BCUT2D eigenvalue weighted by Gasteiger charge is 2.31. The number of methoxy groups -OCH3 is 2. The van der Waals surface area contributed by atoms with Crippen LogP contribution >= 0.6 is 12.2 Å². The molecule has 0 aliphatic heterocycles. The number of nitrogens with zero attached hydrogens (tertiary/aromatic N) is 1. The normalized spacial score (nSPS) is 19.0. The molecule has 0 saturated heterocycles. The molecule has 1 amide bonds. The Kier molecular flexibility index (Phi) is 9.59. The van der Waals surface area contributed by atoms with Crippen molar-refractivity contribution in [3.8, 4) is 23.0 Å². The highest BCUT2D eigenvalue weighted by atomic mass is 32.1. The summed E-state index contributed by atoms with van der Waals surface area (Å²) in [4.78, 5) is 16.9. The Bertz CT molecular complexity index is 1300. The monoisotopic (exact) mass is 551 g/mol. The molecule has 4 rings (SSSR count). The summed E-state index contributed by atoms with van der Waals surface area (Å²) in [7, 11) is 3.18. The minimum atomic E-state index is -0.259. The Morgan fingerprint density at radius 2 is 1.77 bits per heavy atom. The van der Waals surface area contributed by atoms with Gasteiger partial charge in [-0.15, -0.1) is 0 Å². The summed E-state index contributed by atoms with van der Waals surface area (Å²) in [6.45, 7) is 6.68. The van der Waals surface area contributed by atoms with Crippen LogP contribution in [0.2, 0.25) is 0 Å². The number of carbonyl (C=O) groups is 1. The fraction of sp³-hybridized carbons (Fsp3) is 0.433. The molecule has 1 heterocycles. The average molecular weight is 552 g/mol. The molecule has 0 spiro atoms. The number of rotatable bonds is 9. The molecule has 1 saturated carbocycles. The number of pyridine rings is 1. The van der Waals surface area contributed by atoms with Gasteiger partial charge >= 0.3 is 0 Å². The zero-order valence-corrected chi connectivity index (χ0v) is 24.0. The highest BCUT2D eigenvalue weighted by molar-refractivity contribution is 7.80. The van der Waals surface area contributed by atoms with Gasteiger partial charge in [0.2, 0.25) is 0 Å². The minimum absolute atomic E-state index is 0.00818. The predicted molar refractivity (Wildman–Crippen MR) is 157 cm³/mol. The van der Waals surface area contributed by atoms with Crippen LogP contribution in [0, 0.1) is 17.8 Å². The molecule has 39 heavy (non-hydrogen) atoms. The Hall–Kier alpha value is -3.43. The molecule has 0 radical (unpaired) electrons. The molecule has 9 heteroatoms. The van der Waals surface area contributed by atoms with Crippen molar-refractivity contribution < 1.29 is 23.7 Å². The van der Waals surface area contributed by atoms with Gasteiger partial charge in [0, 0.05) is 23.3 Å². The lowest BCUT2D eigenvalue weighted by atomic mass is 9.75. The summed E-state index contributed by atoms with van der Waals surface area (Å²) in [5.41, 5.74) is 1.45. The van der Waals surface area contributed by atoms with Crippen LogP contribution in [0.3, 0.4) is 0 Å². The average Bonchev–Trinajstić information content (AvgIpc) is 2.92. The molecule has 1 aliphatic rings. The Labute approximate surface area is 235 Å². The number of hydrogen-bond acceptors (Lipinski definition) is 7. The van der Waals surface area contributed by atoms with Crippen molar-refractivity contribution in [2.45, 2.75) is 46.1 Å². The van der Waals surface area contributed by atoms with Crippen LogP contribution in [0.25, 0.3) is 10.9 Å². The van der Waals surface area contributed by atoms with Gasteiger partial charge < -0.3 is 29.6 Å². The van der Waals surface area contributed by atoms with Gasteiger partial charge in [-0.1, -0.05) is 27.2 Å². The molecule has 1 fully saturated rings. The van der Waals surface area contributed by atoms with E-state index in [0.29, 0.717) is 40.8 Å². The van der Waals surface area contributed by atoms with E-state index in [4.69, 9.17) is 31.2 Å². The van der Waals surface area contributed by atoms with Gasteiger partial charge in [-0.3, -0.25) is 9.78 Å². The quantitative estimate of drug-likeness (QED) is 0.298. The van der Waals surface area contributed by atoms with Crippen LogP contribution in [0.4, 0.5) is 5.69 Å². The molecule has 2 aromatic carbocycles. The number of nitrogens with one attached hydrogen (secondary N) is 2. The van der Waals surface area contributed by atoms with E-state index in [-0.39, 0.29) is 23.7 Å². The van der Waals surface area contributed by atoms with Crippen molar-refractivity contribution in [3.63, 3.8) is 0 Å². The van der Waals surface area contributed by atoms with Gasteiger partial charge in [0.25, 0.3) is 5.91 Å². The van der Waals surface area contributed by atoms with Crippen molar-refractivity contribution in [1.29, 1.82) is 0 Å². The second-order valence-electron chi connectivity index (χ2n) is 10.3. The van der Waals surface area contributed by atoms with Gasteiger partial charge in [0.15, 0.2) is 16.6 Å². The maximum absolute atomic E-state index is 12.5. The second kappa shape index (κ2) is 13.1. The Morgan fingerprint density at radius 1 is 1.05 bits per heavy atom. The summed E-state index contributed by atoms with van der Waals surface area (Å²) in [6, 6.07) is 12.7. The van der Waals surface area contributed by atoms with E-state index in [0.717, 1.165) is 29.4 Å². The van der Waals surface area contributed by atoms with Crippen LogP contribution in [0.5, 0.6) is 23.0 Å². The summed E-state index contributed by atoms with van der Waals surface area (Å²) >= 11 is 5.34. The first-order valence-electron chi connectivity index (χ1n) is 13.3. The van der Waals surface area contributed by atoms with Crippen molar-refractivity contribution in [1.82, 2.24) is 10.3 Å². The number of anilines is 1. The topological polar surface area (TPSA) is 90.9 Å². The number of amides is 1. The number of aromatic nitrogens is 1. The van der Waals surface area contributed by atoms with E-state index in [1.165, 1.54) is 6.42 Å². The molecular formula is C30H37N3O5S. The lowest BCUT2D eigenvalue weighted by Gasteiger charge is -2.37. The lowest BCUT2D eigenvalue weighted by molar-refractivity contribution is -0.129. The van der Waals surface area contributed by atoms with Crippen LogP contribution in [0.15, 0.2) is 48.7 Å². The van der Waals surface area contributed by atoms with Gasteiger partial charge in [-0.25, -0.2) is 0 Å². The van der Waals surface area contributed by atoms with E-state index in [2.05, 4.69) is 36.4 Å². The number of fused-ring (bicyclic) bond motifs is 1. The van der Waals surface area contributed by atoms with Crippen LogP contribution in [0.1, 0.15) is 40.0 Å². The minimum Gasteiger partial charge on any atom is -0.493 e. The lowest BCUT2D eigenvalue weighted by Crippen LogP contribution is -2.40. The molecule has 1 aliphatic carbocycles. The summed E-state index contributed by atoms with van der Waals surface area (Å²) in [5.74, 6) is 3.83. The maximum Gasteiger partial charge on any atom is 0.252 e. The number of ether oxygens (including phenoxy) is 4.